The molecule has 5 rings (SSSR count). The fourth-order valence-corrected chi connectivity index (χ4v) is 5.69. The zero-order valence-corrected chi connectivity index (χ0v) is 19.8. The summed E-state index contributed by atoms with van der Waals surface area (Å²) in [5.41, 5.74) is 6.61. The van der Waals surface area contributed by atoms with Crippen LogP contribution in [0.2, 0.25) is 0 Å². The Labute approximate surface area is 196 Å². The first kappa shape index (κ1) is 21.4. The normalized spacial score (nSPS) is 28.7. The molecule has 4 heterocycles. The average molecular weight is 501 g/mol. The minimum atomic E-state index is 0.200. The van der Waals surface area contributed by atoms with Gasteiger partial charge in [0, 0.05) is 52.5 Å². The van der Waals surface area contributed by atoms with Crippen LogP contribution in [0.5, 0.6) is 11.5 Å². The van der Waals surface area contributed by atoms with Gasteiger partial charge in [0.1, 0.15) is 23.4 Å². The van der Waals surface area contributed by atoms with Crippen molar-refractivity contribution in [3.63, 3.8) is 0 Å². The number of hydrogen-bond donors (Lipinski definition) is 1. The van der Waals surface area contributed by atoms with Crippen molar-refractivity contribution in [2.75, 3.05) is 20.8 Å². The van der Waals surface area contributed by atoms with Crippen molar-refractivity contribution in [2.24, 2.45) is 15.9 Å². The number of nitrogens with zero attached hydrogens (tertiary/aromatic N) is 4. The smallest absolute Gasteiger partial charge is 0.301 e. The van der Waals surface area contributed by atoms with E-state index < -0.39 is 0 Å². The zero-order valence-electron chi connectivity index (χ0n) is 18.3. The van der Waals surface area contributed by atoms with Gasteiger partial charge in [-0.05, 0) is 25.3 Å². The van der Waals surface area contributed by atoms with Gasteiger partial charge < -0.3 is 14.4 Å². The molecule has 0 bridgehead atoms. The Hall–Kier alpha value is -2.49. The first-order valence-electron chi connectivity index (χ1n) is 10.9. The van der Waals surface area contributed by atoms with Crippen molar-refractivity contribution < 1.29 is 18.9 Å². The maximum atomic E-state index is 12.3. The van der Waals surface area contributed by atoms with Gasteiger partial charge in [0.2, 0.25) is 11.6 Å². The Bertz CT molecular complexity index is 1070. The number of nitrogens with one attached hydrogen (secondary N) is 1. The van der Waals surface area contributed by atoms with Gasteiger partial charge in [-0.3, -0.25) is 9.79 Å². The lowest BCUT2D eigenvalue weighted by Crippen LogP contribution is -2.54. The molecule has 32 heavy (non-hydrogen) atoms. The first-order valence-corrected chi connectivity index (χ1v) is 11.7. The van der Waals surface area contributed by atoms with E-state index in [9.17, 15) is 4.79 Å². The number of carbonyl (C=O) groups is 1. The monoisotopic (exact) mass is 500 g/mol. The van der Waals surface area contributed by atoms with Crippen molar-refractivity contribution >= 4 is 32.8 Å². The topological polar surface area (TPSA) is 75.5 Å². The highest BCUT2D eigenvalue weighted by molar-refractivity contribution is 9.18. The summed E-state index contributed by atoms with van der Waals surface area (Å²) >= 11 is 3.72. The fraction of sp³-hybridized carbons (Fsp3) is 0.435. The molecule has 0 aliphatic carbocycles. The quantitative estimate of drug-likeness (QED) is 0.479. The third-order valence-corrected chi connectivity index (χ3v) is 7.57. The molecule has 3 atom stereocenters. The Morgan fingerprint density at radius 2 is 2.12 bits per heavy atom. The molecule has 0 radical (unpaired) electrons. The van der Waals surface area contributed by atoms with Gasteiger partial charge in [0.05, 0.1) is 33.2 Å². The summed E-state index contributed by atoms with van der Waals surface area (Å²) in [7, 11) is 3.30. The summed E-state index contributed by atoms with van der Waals surface area (Å²) in [4.78, 5) is 23.7. The van der Waals surface area contributed by atoms with E-state index >= 15 is 0 Å². The minimum absolute atomic E-state index is 0.200. The Kier molecular flexibility index (Phi) is 5.65. The van der Waals surface area contributed by atoms with Crippen LogP contribution in [0.25, 0.3) is 0 Å². The fourth-order valence-electron chi connectivity index (χ4n) is 5.07. The molecular weight excluding hydrogens is 474 g/mol. The van der Waals surface area contributed by atoms with E-state index in [-0.39, 0.29) is 16.4 Å². The van der Waals surface area contributed by atoms with Crippen molar-refractivity contribution in [2.45, 2.75) is 38.3 Å². The van der Waals surface area contributed by atoms with Gasteiger partial charge in [0.25, 0.3) is 0 Å². The number of halogens is 1. The van der Waals surface area contributed by atoms with E-state index in [4.69, 9.17) is 14.5 Å². The zero-order chi connectivity index (χ0) is 22.3. The van der Waals surface area contributed by atoms with Crippen LogP contribution in [-0.4, -0.2) is 53.2 Å². The van der Waals surface area contributed by atoms with Crippen LogP contribution in [0.3, 0.4) is 0 Å². The highest BCUT2D eigenvalue weighted by Crippen LogP contribution is 2.41. The summed E-state index contributed by atoms with van der Waals surface area (Å²) in [6.07, 6.45) is 9.36. The molecule has 1 amide bonds. The van der Waals surface area contributed by atoms with E-state index in [0.717, 1.165) is 59.0 Å². The number of hydrogen-bond acceptors (Lipinski definition) is 6. The number of benzene rings is 1. The summed E-state index contributed by atoms with van der Waals surface area (Å²) in [5, 5.41) is 0. The predicted molar refractivity (Wildman–Crippen MR) is 125 cm³/mol. The second kappa shape index (κ2) is 8.46. The van der Waals surface area contributed by atoms with Gasteiger partial charge in [-0.1, -0.05) is 6.07 Å². The molecule has 1 N–H and O–H groups in total. The van der Waals surface area contributed by atoms with Gasteiger partial charge in [-0.25, -0.2) is 0 Å². The van der Waals surface area contributed by atoms with Gasteiger partial charge in [-0.2, -0.15) is 4.99 Å². The molecule has 2 fully saturated rings. The summed E-state index contributed by atoms with van der Waals surface area (Å²) < 4.78 is 11.9. The molecule has 2 saturated heterocycles. The largest absolute Gasteiger partial charge is 0.497 e. The lowest BCUT2D eigenvalue weighted by atomic mass is 9.90. The third-order valence-electron chi connectivity index (χ3n) is 6.84. The van der Waals surface area contributed by atoms with Gasteiger partial charge in [0.15, 0.2) is 0 Å². The Morgan fingerprint density at radius 1 is 1.25 bits per heavy atom. The second-order valence-electron chi connectivity index (χ2n) is 8.48. The van der Waals surface area contributed by atoms with Crippen molar-refractivity contribution in [3.05, 3.63) is 47.6 Å². The number of quaternary nitrogens is 1. The number of allylic oxidation sites excluding steroid dienone is 1. The number of amidine groups is 1. The van der Waals surface area contributed by atoms with Crippen LogP contribution in [0, 0.1) is 5.92 Å². The van der Waals surface area contributed by atoms with Crippen LogP contribution in [0.1, 0.15) is 31.2 Å². The Morgan fingerprint density at radius 3 is 2.94 bits per heavy atom. The number of aliphatic imine (C=N–C) groups is 2. The number of ether oxygens (including phenoxy) is 2. The molecule has 1 unspecified atom stereocenters. The van der Waals surface area contributed by atoms with Crippen LogP contribution < -0.4 is 14.9 Å². The van der Waals surface area contributed by atoms with Crippen LogP contribution in [0.4, 0.5) is 0 Å². The van der Waals surface area contributed by atoms with Crippen LogP contribution >= 0.6 is 15.9 Å². The van der Waals surface area contributed by atoms with Gasteiger partial charge >= 0.3 is 4.74 Å². The van der Waals surface area contributed by atoms with Crippen LogP contribution in [0.15, 0.2) is 52.0 Å². The minimum Gasteiger partial charge on any atom is -0.497 e. The molecule has 0 aromatic heterocycles. The number of amides is 1. The lowest BCUT2D eigenvalue weighted by molar-refractivity contribution is -0.787. The highest BCUT2D eigenvalue weighted by Gasteiger charge is 2.48. The Balaban J connectivity index is 1.42. The average Bonchev–Trinajstić information content (AvgIpc) is 3.35. The summed E-state index contributed by atoms with van der Waals surface area (Å²) in [6, 6.07) is 6.20. The van der Waals surface area contributed by atoms with Gasteiger partial charge in [-0.15, -0.1) is 10.0 Å². The molecule has 0 spiro atoms. The molecule has 9 heteroatoms. The van der Waals surface area contributed by atoms with E-state index in [1.165, 1.54) is 0 Å². The number of methoxy groups -OCH3 is 2. The first-order chi connectivity index (χ1) is 15.6. The maximum absolute atomic E-state index is 12.3. The summed E-state index contributed by atoms with van der Waals surface area (Å²) in [6.45, 7) is 1.28. The number of carbonyl (C=O) groups excluding carboxylic acids is 1. The number of piperidine rings is 1. The second-order valence-corrected chi connectivity index (χ2v) is 9.19. The van der Waals surface area contributed by atoms with Crippen LogP contribution in [-0.2, 0) is 11.3 Å². The standard InChI is InChI=1S/C23H27BrN5O3/c1-31-18-7-4-15(20(11-18)32-2)12-26-29-10-9-25-13-19(29)22(27-23(29)24)16-3-5-17-6-8-21(30)28(17)14-16/h4,7,9-11,13,16-17,26H,3,5-6,8,12,14H2,1-2H3/q+1/t16-,17+,29?/m1/s1. The van der Waals surface area contributed by atoms with E-state index in [1.54, 1.807) is 20.4 Å². The maximum Gasteiger partial charge on any atom is 0.301 e. The molecule has 4 aliphatic rings. The predicted octanol–water partition coefficient (Wildman–Crippen LogP) is 3.46. The molecule has 0 saturated carbocycles. The lowest BCUT2D eigenvalue weighted by Gasteiger charge is -2.35. The summed E-state index contributed by atoms with van der Waals surface area (Å²) in [5.74, 6) is 1.98. The number of rotatable bonds is 6. The van der Waals surface area contributed by atoms with E-state index in [1.807, 2.05) is 30.6 Å². The molecule has 8 nitrogen and oxygen atoms in total. The van der Waals surface area contributed by atoms with Crippen molar-refractivity contribution in [1.82, 2.24) is 10.3 Å². The van der Waals surface area contributed by atoms with Crippen molar-refractivity contribution in [1.29, 1.82) is 0 Å². The molecule has 168 valence electrons. The molecule has 1 aromatic carbocycles. The molecule has 1 aromatic rings. The third kappa shape index (κ3) is 3.48. The SMILES string of the molecule is COc1ccc(CN[N+]23C=CN=CC2=C([C@@H]2CC[C@H]4CCC(=O)N4C2)N=C3Br)c(OC)c1. The van der Waals surface area contributed by atoms with Crippen molar-refractivity contribution in [3.8, 4) is 11.5 Å². The highest BCUT2D eigenvalue weighted by atomic mass is 79.9. The van der Waals surface area contributed by atoms with E-state index in [0.29, 0.717) is 19.0 Å². The van der Waals surface area contributed by atoms with E-state index in [2.05, 4.69) is 31.2 Å². The number of fused-ring (bicyclic) bond motifs is 2. The molecular formula is C23H27BrN5O3+. The molecule has 4 aliphatic heterocycles.